The predicted molar refractivity (Wildman–Crippen MR) is 105 cm³/mol. The number of carbonyl (C=O) groups is 1. The van der Waals surface area contributed by atoms with Gasteiger partial charge in [0.15, 0.2) is 5.82 Å². The topological polar surface area (TPSA) is 87.9 Å². The zero-order chi connectivity index (χ0) is 19.3. The Morgan fingerprint density at radius 3 is 2.89 bits per heavy atom. The molecular weight excluding hydrogens is 356 g/mol. The van der Waals surface area contributed by atoms with Gasteiger partial charge >= 0.3 is 6.09 Å². The third-order valence-electron chi connectivity index (χ3n) is 4.09. The van der Waals surface area contributed by atoms with E-state index in [1.165, 1.54) is 18.7 Å². The van der Waals surface area contributed by atoms with Crippen molar-refractivity contribution in [2.45, 2.75) is 0 Å². The Kier molecular flexibility index (Phi) is 4.79. The molecule has 2 heterocycles. The normalized spacial score (nSPS) is 13.6. The van der Waals surface area contributed by atoms with E-state index in [4.69, 9.17) is 4.74 Å². The van der Waals surface area contributed by atoms with Gasteiger partial charge in [-0.05, 0) is 36.4 Å². The third kappa shape index (κ3) is 3.73. The van der Waals surface area contributed by atoms with Crippen LogP contribution in [0.2, 0.25) is 0 Å². The Bertz CT molecular complexity index is 1220. The molecule has 0 atom stereocenters. The van der Waals surface area contributed by atoms with Crippen LogP contribution in [0, 0.1) is 0 Å². The highest BCUT2D eigenvalue weighted by atomic mass is 16.5. The van der Waals surface area contributed by atoms with Crippen molar-refractivity contribution in [3.05, 3.63) is 83.8 Å². The van der Waals surface area contributed by atoms with E-state index in [0.29, 0.717) is 28.8 Å². The maximum absolute atomic E-state index is 11.6. The largest absolute Gasteiger partial charge is 0.490 e. The summed E-state index contributed by atoms with van der Waals surface area (Å²) in [5.74, 6) is 1.16. The van der Waals surface area contributed by atoms with E-state index in [9.17, 15) is 9.90 Å². The van der Waals surface area contributed by atoms with Gasteiger partial charge < -0.3 is 9.84 Å². The summed E-state index contributed by atoms with van der Waals surface area (Å²) in [7, 11) is 0. The van der Waals surface area contributed by atoms with Crippen LogP contribution >= 0.6 is 0 Å². The molecule has 2 bridgehead atoms. The first-order chi connectivity index (χ1) is 13.7. The Balaban J connectivity index is 2.00. The smallest absolute Gasteiger partial charge is 0.415 e. The zero-order valence-electron chi connectivity index (χ0n) is 14.8. The first-order valence-electron chi connectivity index (χ1n) is 8.58. The van der Waals surface area contributed by atoms with Gasteiger partial charge in [0.2, 0.25) is 0 Å². The Morgan fingerprint density at radius 2 is 2.00 bits per heavy atom. The van der Waals surface area contributed by atoms with Crippen molar-refractivity contribution in [3.8, 4) is 5.75 Å². The van der Waals surface area contributed by atoms with E-state index in [2.05, 4.69) is 15.0 Å². The van der Waals surface area contributed by atoms with Crippen molar-refractivity contribution in [2.75, 3.05) is 6.61 Å². The molecule has 1 amide bonds. The fourth-order valence-electron chi connectivity index (χ4n) is 2.75. The summed E-state index contributed by atoms with van der Waals surface area (Å²) < 4.78 is 5.73. The van der Waals surface area contributed by atoms with Crippen molar-refractivity contribution >= 4 is 29.0 Å². The number of amides is 1. The van der Waals surface area contributed by atoms with E-state index in [1.54, 1.807) is 24.3 Å². The molecule has 4 rings (SSSR count). The second-order valence-electron chi connectivity index (χ2n) is 5.95. The average molecular weight is 372 g/mol. The highest BCUT2D eigenvalue weighted by Crippen LogP contribution is 2.25. The van der Waals surface area contributed by atoms with Crippen molar-refractivity contribution < 1.29 is 14.6 Å². The Labute approximate surface area is 160 Å². The lowest BCUT2D eigenvalue weighted by atomic mass is 10.2. The van der Waals surface area contributed by atoms with Crippen molar-refractivity contribution in [1.82, 2.24) is 14.9 Å². The number of aromatic nitrogens is 2. The molecule has 0 radical (unpaired) electrons. The van der Waals surface area contributed by atoms with Gasteiger partial charge in [0.1, 0.15) is 18.7 Å². The van der Waals surface area contributed by atoms with Crippen molar-refractivity contribution in [3.63, 3.8) is 0 Å². The second kappa shape index (κ2) is 7.71. The molecule has 2 aromatic carbocycles. The highest BCUT2D eigenvalue weighted by molar-refractivity contribution is 5.88. The molecule has 0 spiro atoms. The molecule has 0 saturated carbocycles. The van der Waals surface area contributed by atoms with Crippen LogP contribution in [-0.4, -0.2) is 32.7 Å². The second-order valence-corrected chi connectivity index (χ2v) is 5.95. The molecule has 1 N–H and O–H groups in total. The third-order valence-corrected chi connectivity index (χ3v) is 4.09. The van der Waals surface area contributed by atoms with Crippen LogP contribution < -0.4 is 15.3 Å². The number of rotatable bonds is 0. The summed E-state index contributed by atoms with van der Waals surface area (Å²) in [5.41, 5.74) is 0.747. The van der Waals surface area contributed by atoms with Crippen LogP contribution in [0.3, 0.4) is 0 Å². The van der Waals surface area contributed by atoms with Crippen LogP contribution in [0.1, 0.15) is 0 Å². The number of hydrogen-bond acceptors (Lipinski definition) is 5. The molecule has 1 aliphatic heterocycles. The average Bonchev–Trinajstić information content (AvgIpc) is 2.71. The van der Waals surface area contributed by atoms with Crippen LogP contribution in [0.15, 0.2) is 78.2 Å². The molecule has 7 nitrogen and oxygen atoms in total. The first-order valence-corrected chi connectivity index (χ1v) is 8.58. The molecular formula is C21H16N4O3. The van der Waals surface area contributed by atoms with Gasteiger partial charge in [-0.15, -0.1) is 0 Å². The molecule has 1 aromatic heterocycles. The van der Waals surface area contributed by atoms with E-state index in [-0.39, 0.29) is 0 Å². The van der Waals surface area contributed by atoms with Crippen molar-refractivity contribution in [2.24, 2.45) is 4.99 Å². The van der Waals surface area contributed by atoms with Crippen LogP contribution in [0.4, 0.5) is 10.6 Å². The molecule has 0 unspecified atom stereocenters. The molecule has 0 saturated heterocycles. The predicted octanol–water partition coefficient (Wildman–Crippen LogP) is 2.76. The maximum Gasteiger partial charge on any atom is 0.415 e. The van der Waals surface area contributed by atoms with E-state index < -0.39 is 6.09 Å². The van der Waals surface area contributed by atoms with Gasteiger partial charge in [-0.1, -0.05) is 24.3 Å². The quantitative estimate of drug-likeness (QED) is 0.656. The summed E-state index contributed by atoms with van der Waals surface area (Å²) >= 11 is 0. The number of fused-ring (bicyclic) bond motifs is 2. The lowest BCUT2D eigenvalue weighted by molar-refractivity contribution is 0.179. The van der Waals surface area contributed by atoms with Gasteiger partial charge in [0, 0.05) is 23.0 Å². The van der Waals surface area contributed by atoms with Gasteiger partial charge in [-0.3, -0.25) is 4.90 Å². The summed E-state index contributed by atoms with van der Waals surface area (Å²) in [6.07, 6.45) is 8.48. The summed E-state index contributed by atoms with van der Waals surface area (Å²) in [6.45, 7) is 0.340. The minimum atomic E-state index is -1.10. The molecule has 0 aliphatic carbocycles. The lowest BCUT2D eigenvalue weighted by Gasteiger charge is -2.07. The maximum atomic E-state index is 11.6. The SMILES string of the molecule is O=C(O)N1C=CC=CCOc2ccc3ncnc(c3c2)N=c2ccccc2=C1. The molecule has 28 heavy (non-hydrogen) atoms. The molecule has 1 aliphatic rings. The summed E-state index contributed by atoms with van der Waals surface area (Å²) in [4.78, 5) is 25.9. The summed E-state index contributed by atoms with van der Waals surface area (Å²) in [6, 6.07) is 12.8. The lowest BCUT2D eigenvalue weighted by Crippen LogP contribution is -2.29. The van der Waals surface area contributed by atoms with Crippen LogP contribution in [0.5, 0.6) is 5.75 Å². The van der Waals surface area contributed by atoms with E-state index >= 15 is 0 Å². The van der Waals surface area contributed by atoms with Gasteiger partial charge in [0.25, 0.3) is 0 Å². The number of benzene rings is 2. The minimum Gasteiger partial charge on any atom is -0.490 e. The molecule has 0 fully saturated rings. The molecule has 3 aromatic rings. The minimum absolute atomic E-state index is 0.340. The number of allylic oxidation sites excluding steroid dienone is 2. The number of para-hydroxylation sites is 1. The number of hydrogen-bond donors (Lipinski definition) is 1. The van der Waals surface area contributed by atoms with Crippen molar-refractivity contribution in [1.29, 1.82) is 0 Å². The van der Waals surface area contributed by atoms with E-state index in [0.717, 1.165) is 15.8 Å². The first kappa shape index (κ1) is 17.4. The Hall–Kier alpha value is -4.00. The highest BCUT2D eigenvalue weighted by Gasteiger charge is 2.07. The zero-order valence-corrected chi connectivity index (χ0v) is 14.8. The number of nitrogens with zero attached hydrogens (tertiary/aromatic N) is 4. The van der Waals surface area contributed by atoms with Crippen LogP contribution in [-0.2, 0) is 0 Å². The molecule has 138 valence electrons. The number of carboxylic acid groups (broad SMARTS) is 1. The molecule has 7 heteroatoms. The van der Waals surface area contributed by atoms with E-state index in [1.807, 2.05) is 36.4 Å². The fraction of sp³-hybridized carbons (Fsp3) is 0.0476. The van der Waals surface area contributed by atoms with Gasteiger partial charge in [-0.2, -0.15) is 0 Å². The standard InChI is InChI=1S/C21H16N4O3/c26-21(27)25-10-4-1-5-11-28-16-8-9-19-17(12-16)20(23-14-22-19)24-18-7-3-2-6-15(18)13-25/h1-10,12-14H,11H2,(H,26,27). The van der Waals surface area contributed by atoms with Gasteiger partial charge in [0.05, 0.1) is 10.9 Å². The van der Waals surface area contributed by atoms with Crippen LogP contribution in [0.25, 0.3) is 17.1 Å². The summed E-state index contributed by atoms with van der Waals surface area (Å²) in [5, 5.41) is 11.5. The number of ether oxygens (including phenoxy) is 1. The Morgan fingerprint density at radius 1 is 1.11 bits per heavy atom. The monoisotopic (exact) mass is 372 g/mol. The van der Waals surface area contributed by atoms with Gasteiger partial charge in [-0.25, -0.2) is 19.8 Å². The fourth-order valence-corrected chi connectivity index (χ4v) is 2.75.